The molecule has 0 aromatic heterocycles. The topological polar surface area (TPSA) is 58.6 Å². The van der Waals surface area contributed by atoms with Gasteiger partial charge in [-0.1, -0.05) is 32.0 Å². The zero-order valence-corrected chi connectivity index (χ0v) is 14.5. The smallest absolute Gasteiger partial charge is 0.261 e. The first-order chi connectivity index (χ1) is 11.5. The van der Waals surface area contributed by atoms with E-state index in [9.17, 15) is 9.59 Å². The highest BCUT2D eigenvalue weighted by Gasteiger charge is 2.31. The highest BCUT2D eigenvalue weighted by Crippen LogP contribution is 2.28. The van der Waals surface area contributed by atoms with Gasteiger partial charge in [0.25, 0.3) is 5.91 Å². The van der Waals surface area contributed by atoms with Gasteiger partial charge in [-0.3, -0.25) is 9.59 Å². The number of benzene rings is 1. The summed E-state index contributed by atoms with van der Waals surface area (Å²) in [6, 6.07) is 7.92. The zero-order chi connectivity index (χ0) is 17.1. The predicted molar refractivity (Wildman–Crippen MR) is 91.8 cm³/mol. The van der Waals surface area contributed by atoms with E-state index >= 15 is 0 Å². The van der Waals surface area contributed by atoms with E-state index in [2.05, 4.69) is 19.2 Å². The number of hydrogen-bond donors (Lipinski definition) is 1. The monoisotopic (exact) mass is 330 g/mol. The molecule has 1 aromatic carbocycles. The van der Waals surface area contributed by atoms with Gasteiger partial charge in [0.15, 0.2) is 6.10 Å². The third kappa shape index (κ3) is 3.89. The molecular formula is C19H26N2O3. The quantitative estimate of drug-likeness (QED) is 0.920. The molecule has 2 heterocycles. The number of carbonyl (C=O) groups excluding carboxylic acids is 2. The van der Waals surface area contributed by atoms with Crippen LogP contribution < -0.4 is 10.1 Å². The summed E-state index contributed by atoms with van der Waals surface area (Å²) in [5, 5.41) is 3.09. The van der Waals surface area contributed by atoms with Gasteiger partial charge < -0.3 is 15.0 Å². The molecule has 5 nitrogen and oxygen atoms in total. The number of piperidine rings is 1. The van der Waals surface area contributed by atoms with Gasteiger partial charge in [0.05, 0.1) is 0 Å². The lowest BCUT2D eigenvalue weighted by atomic mass is 10.0. The Morgan fingerprint density at radius 1 is 1.25 bits per heavy atom. The van der Waals surface area contributed by atoms with Crippen molar-refractivity contribution in [3.05, 3.63) is 29.8 Å². The minimum absolute atomic E-state index is 0.0434. The minimum atomic E-state index is -0.428. The fourth-order valence-corrected chi connectivity index (χ4v) is 3.37. The molecule has 1 aromatic rings. The van der Waals surface area contributed by atoms with Gasteiger partial charge in [0.1, 0.15) is 5.75 Å². The van der Waals surface area contributed by atoms with Crippen LogP contribution in [0, 0.1) is 5.92 Å². The van der Waals surface area contributed by atoms with Crippen LogP contribution in [0.3, 0.4) is 0 Å². The summed E-state index contributed by atoms with van der Waals surface area (Å²) in [4.78, 5) is 26.4. The van der Waals surface area contributed by atoms with Crippen molar-refractivity contribution in [3.8, 4) is 5.75 Å². The second-order valence-corrected chi connectivity index (χ2v) is 7.18. The Morgan fingerprint density at radius 2 is 1.96 bits per heavy atom. The summed E-state index contributed by atoms with van der Waals surface area (Å²) in [5.41, 5.74) is 1.09. The number of nitrogens with one attached hydrogen (secondary N) is 1. The van der Waals surface area contributed by atoms with Crippen molar-refractivity contribution in [3.63, 3.8) is 0 Å². The average Bonchev–Trinajstić information content (AvgIpc) is 2.99. The standard InChI is InChI=1S/C19H26N2O3/c1-13(2)11-18(22)21-9-7-15(8-10-21)20-19(23)17-12-14-5-3-4-6-16(14)24-17/h3-6,13,15,17H,7-12H2,1-2H3,(H,20,23)/t17-/m0/s1. The van der Waals surface area contributed by atoms with Crippen molar-refractivity contribution in [2.24, 2.45) is 5.92 Å². The molecule has 24 heavy (non-hydrogen) atoms. The number of hydrogen-bond acceptors (Lipinski definition) is 3. The lowest BCUT2D eigenvalue weighted by Crippen LogP contribution is -2.49. The number of fused-ring (bicyclic) bond motifs is 1. The van der Waals surface area contributed by atoms with E-state index in [0.717, 1.165) is 37.2 Å². The number of nitrogens with zero attached hydrogens (tertiary/aromatic N) is 1. The first-order valence-corrected chi connectivity index (χ1v) is 8.85. The summed E-state index contributed by atoms with van der Waals surface area (Å²) in [5.74, 6) is 1.38. The van der Waals surface area contributed by atoms with E-state index in [4.69, 9.17) is 4.74 Å². The molecule has 1 saturated heterocycles. The molecule has 0 unspecified atom stereocenters. The Kier molecular flexibility index (Phi) is 5.07. The molecule has 130 valence electrons. The van der Waals surface area contributed by atoms with E-state index in [0.29, 0.717) is 18.8 Å². The SMILES string of the molecule is CC(C)CC(=O)N1CCC(NC(=O)[C@@H]2Cc3ccccc3O2)CC1. The van der Waals surface area contributed by atoms with Crippen LogP contribution in [0.1, 0.15) is 38.7 Å². The lowest BCUT2D eigenvalue weighted by Gasteiger charge is -2.33. The molecule has 0 spiro atoms. The summed E-state index contributed by atoms with van der Waals surface area (Å²) >= 11 is 0. The summed E-state index contributed by atoms with van der Waals surface area (Å²) in [7, 11) is 0. The number of amides is 2. The van der Waals surface area contributed by atoms with Crippen LogP contribution in [-0.4, -0.2) is 41.9 Å². The molecule has 0 radical (unpaired) electrons. The maximum Gasteiger partial charge on any atom is 0.261 e. The van der Waals surface area contributed by atoms with Gasteiger partial charge in [-0.25, -0.2) is 0 Å². The van der Waals surface area contributed by atoms with E-state index in [-0.39, 0.29) is 17.9 Å². The van der Waals surface area contributed by atoms with E-state index in [1.807, 2.05) is 29.2 Å². The van der Waals surface area contributed by atoms with Crippen LogP contribution in [-0.2, 0) is 16.0 Å². The number of para-hydroxylation sites is 1. The van der Waals surface area contributed by atoms with Crippen LogP contribution in [0.15, 0.2) is 24.3 Å². The first-order valence-electron chi connectivity index (χ1n) is 8.85. The minimum Gasteiger partial charge on any atom is -0.480 e. The van der Waals surface area contributed by atoms with Crippen LogP contribution in [0.2, 0.25) is 0 Å². The highest BCUT2D eigenvalue weighted by atomic mass is 16.5. The molecular weight excluding hydrogens is 304 g/mol. The van der Waals surface area contributed by atoms with Gasteiger partial charge in [-0.2, -0.15) is 0 Å². The maximum absolute atomic E-state index is 12.4. The first kappa shape index (κ1) is 16.8. The third-order valence-electron chi connectivity index (χ3n) is 4.72. The second-order valence-electron chi connectivity index (χ2n) is 7.18. The van der Waals surface area contributed by atoms with E-state index in [1.165, 1.54) is 0 Å². The van der Waals surface area contributed by atoms with Crippen LogP contribution in [0.5, 0.6) is 5.75 Å². The van der Waals surface area contributed by atoms with Gasteiger partial charge in [0, 0.05) is 32.0 Å². The van der Waals surface area contributed by atoms with Gasteiger partial charge in [-0.05, 0) is 30.4 Å². The molecule has 2 amide bonds. The number of carbonyl (C=O) groups is 2. The Morgan fingerprint density at radius 3 is 2.62 bits per heavy atom. The Labute approximate surface area is 143 Å². The van der Waals surface area contributed by atoms with Gasteiger partial charge >= 0.3 is 0 Å². The summed E-state index contributed by atoms with van der Waals surface area (Å²) in [6.07, 6.45) is 2.44. The van der Waals surface area contributed by atoms with Crippen molar-refractivity contribution >= 4 is 11.8 Å². The number of rotatable bonds is 4. The summed E-state index contributed by atoms with van der Waals surface area (Å²) in [6.45, 7) is 5.57. The Balaban J connectivity index is 1.45. The largest absolute Gasteiger partial charge is 0.480 e. The molecule has 1 N–H and O–H groups in total. The third-order valence-corrected chi connectivity index (χ3v) is 4.72. The van der Waals surface area contributed by atoms with E-state index < -0.39 is 6.10 Å². The van der Waals surface area contributed by atoms with Crippen molar-refractivity contribution in [1.82, 2.24) is 10.2 Å². The number of likely N-dealkylation sites (tertiary alicyclic amines) is 1. The normalized spacial score (nSPS) is 20.6. The van der Waals surface area contributed by atoms with Gasteiger partial charge in [-0.15, -0.1) is 0 Å². The molecule has 3 rings (SSSR count). The second kappa shape index (κ2) is 7.24. The molecule has 1 atom stereocenters. The molecule has 0 saturated carbocycles. The molecule has 2 aliphatic rings. The van der Waals surface area contributed by atoms with Crippen molar-refractivity contribution in [2.45, 2.75) is 51.7 Å². The van der Waals surface area contributed by atoms with Crippen molar-refractivity contribution in [2.75, 3.05) is 13.1 Å². The van der Waals surface area contributed by atoms with E-state index in [1.54, 1.807) is 0 Å². The predicted octanol–water partition coefficient (Wildman–Crippen LogP) is 2.14. The van der Waals surface area contributed by atoms with Crippen molar-refractivity contribution < 1.29 is 14.3 Å². The maximum atomic E-state index is 12.4. The molecule has 0 aliphatic carbocycles. The Hall–Kier alpha value is -2.04. The zero-order valence-electron chi connectivity index (χ0n) is 14.5. The number of ether oxygens (including phenoxy) is 1. The summed E-state index contributed by atoms with van der Waals surface area (Å²) < 4.78 is 5.74. The van der Waals surface area contributed by atoms with Crippen molar-refractivity contribution in [1.29, 1.82) is 0 Å². The fourth-order valence-electron chi connectivity index (χ4n) is 3.37. The molecule has 2 aliphatic heterocycles. The Bertz CT molecular complexity index is 581. The highest BCUT2D eigenvalue weighted by molar-refractivity contribution is 5.83. The van der Waals surface area contributed by atoms with Crippen LogP contribution in [0.25, 0.3) is 0 Å². The molecule has 1 fully saturated rings. The average molecular weight is 330 g/mol. The lowest BCUT2D eigenvalue weighted by molar-refractivity contribution is -0.133. The molecule has 0 bridgehead atoms. The van der Waals surface area contributed by atoms with Crippen LogP contribution >= 0.6 is 0 Å². The van der Waals surface area contributed by atoms with Gasteiger partial charge in [0.2, 0.25) is 5.91 Å². The molecule has 5 heteroatoms. The fraction of sp³-hybridized carbons (Fsp3) is 0.579. The van der Waals surface area contributed by atoms with Crippen LogP contribution in [0.4, 0.5) is 0 Å².